The number of hydrogen-bond acceptors (Lipinski definition) is 4. The van der Waals surface area contributed by atoms with E-state index in [1.54, 1.807) is 7.05 Å². The van der Waals surface area contributed by atoms with Crippen LogP contribution in [0.15, 0.2) is 23.3 Å². The molecule has 140 valence electrons. The summed E-state index contributed by atoms with van der Waals surface area (Å²) in [6.45, 7) is 2.36. The second-order valence-corrected chi connectivity index (χ2v) is 6.47. The molecule has 25 heavy (non-hydrogen) atoms. The molecule has 1 saturated heterocycles. The van der Waals surface area contributed by atoms with Crippen LogP contribution in [0.4, 0.5) is 0 Å². The molecule has 1 aliphatic heterocycles. The van der Waals surface area contributed by atoms with E-state index in [0.717, 1.165) is 56.2 Å². The lowest BCUT2D eigenvalue weighted by Gasteiger charge is -2.16. The van der Waals surface area contributed by atoms with Gasteiger partial charge in [-0.1, -0.05) is 0 Å². The molecule has 1 aromatic rings. The van der Waals surface area contributed by atoms with Crippen LogP contribution in [0.5, 0.6) is 5.88 Å². The zero-order valence-electron chi connectivity index (χ0n) is 14.9. The summed E-state index contributed by atoms with van der Waals surface area (Å²) >= 11 is 0. The van der Waals surface area contributed by atoms with Gasteiger partial charge in [-0.3, -0.25) is 4.99 Å². The molecule has 1 atom stereocenters. The number of nitrogens with zero attached hydrogens (tertiary/aromatic N) is 2. The summed E-state index contributed by atoms with van der Waals surface area (Å²) in [4.78, 5) is 8.59. The zero-order valence-corrected chi connectivity index (χ0v) is 17.2. The van der Waals surface area contributed by atoms with Gasteiger partial charge in [-0.2, -0.15) is 0 Å². The lowest BCUT2D eigenvalue weighted by molar-refractivity contribution is 0.114. The molecule has 2 fully saturated rings. The summed E-state index contributed by atoms with van der Waals surface area (Å²) < 4.78 is 11.6. The highest BCUT2D eigenvalue weighted by atomic mass is 127. The summed E-state index contributed by atoms with van der Waals surface area (Å²) in [6, 6.07) is 4.01. The lowest BCUT2D eigenvalue weighted by Crippen LogP contribution is -2.40. The predicted octanol–water partition coefficient (Wildman–Crippen LogP) is 2.87. The Balaban J connectivity index is 0.00000225. The van der Waals surface area contributed by atoms with Gasteiger partial charge in [0, 0.05) is 39.0 Å². The monoisotopic (exact) mass is 460 g/mol. The largest absolute Gasteiger partial charge is 0.474 e. The van der Waals surface area contributed by atoms with Crippen molar-refractivity contribution in [1.29, 1.82) is 0 Å². The molecule has 1 aliphatic carbocycles. The van der Waals surface area contributed by atoms with Crippen LogP contribution in [0, 0.1) is 0 Å². The summed E-state index contributed by atoms with van der Waals surface area (Å²) in [5.74, 6) is 1.52. The Kier molecular flexibility index (Phi) is 8.74. The van der Waals surface area contributed by atoms with Gasteiger partial charge in [-0.15, -0.1) is 24.0 Å². The molecule has 0 aromatic carbocycles. The lowest BCUT2D eigenvalue weighted by atomic mass is 10.2. The van der Waals surface area contributed by atoms with Gasteiger partial charge in [0.05, 0.1) is 6.10 Å². The fraction of sp³-hybridized carbons (Fsp3) is 0.667. The molecule has 2 aliphatic rings. The van der Waals surface area contributed by atoms with Gasteiger partial charge in [0.2, 0.25) is 5.88 Å². The highest BCUT2D eigenvalue weighted by Gasteiger charge is 2.17. The van der Waals surface area contributed by atoms with Crippen LogP contribution in [-0.4, -0.2) is 43.4 Å². The minimum Gasteiger partial charge on any atom is -0.474 e. The first-order chi connectivity index (χ1) is 11.8. The van der Waals surface area contributed by atoms with E-state index in [9.17, 15) is 0 Å². The molecule has 0 amide bonds. The summed E-state index contributed by atoms with van der Waals surface area (Å²) in [7, 11) is 1.78. The molecule has 0 spiro atoms. The molecule has 1 saturated carbocycles. The average molecular weight is 460 g/mol. The maximum Gasteiger partial charge on any atom is 0.213 e. The van der Waals surface area contributed by atoms with E-state index in [1.165, 1.54) is 12.8 Å². The Hall–Kier alpha value is -1.09. The van der Waals surface area contributed by atoms with Crippen molar-refractivity contribution in [3.05, 3.63) is 23.9 Å². The van der Waals surface area contributed by atoms with Gasteiger partial charge in [0.15, 0.2) is 5.96 Å². The first kappa shape index (κ1) is 20.2. The number of aliphatic imine (C=N–C) groups is 1. The maximum atomic E-state index is 5.96. The molecule has 3 rings (SSSR count). The fourth-order valence-corrected chi connectivity index (χ4v) is 3.22. The summed E-state index contributed by atoms with van der Waals surface area (Å²) in [5, 5.41) is 6.65. The minimum atomic E-state index is 0. The minimum absolute atomic E-state index is 0. The number of nitrogens with one attached hydrogen (secondary N) is 2. The van der Waals surface area contributed by atoms with Crippen LogP contribution >= 0.6 is 24.0 Å². The Bertz CT molecular complexity index is 544. The molecular formula is C18H29IN4O2. The highest BCUT2D eigenvalue weighted by molar-refractivity contribution is 14.0. The topological polar surface area (TPSA) is 67.8 Å². The number of aromatic nitrogens is 1. The molecule has 0 radical (unpaired) electrons. The molecule has 2 heterocycles. The number of ether oxygens (including phenoxy) is 2. The van der Waals surface area contributed by atoms with E-state index in [1.807, 2.05) is 18.3 Å². The van der Waals surface area contributed by atoms with Crippen molar-refractivity contribution in [3.63, 3.8) is 0 Å². The first-order valence-corrected chi connectivity index (χ1v) is 9.01. The molecule has 7 heteroatoms. The smallest absolute Gasteiger partial charge is 0.213 e. The Morgan fingerprint density at radius 3 is 2.84 bits per heavy atom. The van der Waals surface area contributed by atoms with E-state index in [4.69, 9.17) is 9.47 Å². The van der Waals surface area contributed by atoms with Gasteiger partial charge >= 0.3 is 0 Å². The molecule has 6 nitrogen and oxygen atoms in total. The van der Waals surface area contributed by atoms with Crippen molar-refractivity contribution in [1.82, 2.24) is 15.6 Å². The van der Waals surface area contributed by atoms with Crippen molar-refractivity contribution in [2.24, 2.45) is 4.99 Å². The second-order valence-electron chi connectivity index (χ2n) is 6.47. The third-order valence-electron chi connectivity index (χ3n) is 4.59. The first-order valence-electron chi connectivity index (χ1n) is 9.01. The third-order valence-corrected chi connectivity index (χ3v) is 4.59. The summed E-state index contributed by atoms with van der Waals surface area (Å²) in [5.41, 5.74) is 1.14. The van der Waals surface area contributed by atoms with Crippen LogP contribution in [0.25, 0.3) is 0 Å². The molecule has 0 bridgehead atoms. The van der Waals surface area contributed by atoms with Crippen molar-refractivity contribution in [3.8, 4) is 5.88 Å². The fourth-order valence-electron chi connectivity index (χ4n) is 3.22. The standard InChI is InChI=1S/C18H28N4O2.HI/c1-19-18(22-13-16-7-4-10-23-16)21-12-14-8-9-20-17(11-14)24-15-5-2-3-6-15;/h8-9,11,15-16H,2-7,10,12-13H2,1H3,(H2,19,21,22);1H. The van der Waals surface area contributed by atoms with Crippen molar-refractivity contribution in [2.75, 3.05) is 20.2 Å². The molecular weight excluding hydrogens is 431 g/mol. The van der Waals surface area contributed by atoms with E-state index >= 15 is 0 Å². The maximum absolute atomic E-state index is 5.96. The number of hydrogen-bond donors (Lipinski definition) is 2. The van der Waals surface area contributed by atoms with Gasteiger partial charge < -0.3 is 20.1 Å². The van der Waals surface area contributed by atoms with Crippen molar-refractivity contribution >= 4 is 29.9 Å². The molecule has 1 aromatic heterocycles. The summed E-state index contributed by atoms with van der Waals surface area (Å²) in [6.07, 6.45) is 9.53. The second kappa shape index (κ2) is 10.8. The van der Waals surface area contributed by atoms with Crippen LogP contribution in [0.1, 0.15) is 44.1 Å². The number of halogens is 1. The quantitative estimate of drug-likeness (QED) is 0.388. The Labute approximate surface area is 167 Å². The Morgan fingerprint density at radius 2 is 2.12 bits per heavy atom. The molecule has 1 unspecified atom stereocenters. The van der Waals surface area contributed by atoms with Crippen LogP contribution in [-0.2, 0) is 11.3 Å². The van der Waals surface area contributed by atoms with Crippen LogP contribution in [0.3, 0.4) is 0 Å². The number of rotatable bonds is 6. The average Bonchev–Trinajstić information content (AvgIpc) is 3.29. The number of pyridine rings is 1. The van der Waals surface area contributed by atoms with Crippen LogP contribution < -0.4 is 15.4 Å². The highest BCUT2D eigenvalue weighted by Crippen LogP contribution is 2.23. The third kappa shape index (κ3) is 6.62. The molecule has 2 N–H and O–H groups in total. The number of guanidine groups is 1. The zero-order chi connectivity index (χ0) is 16.6. The SMILES string of the molecule is CN=C(NCc1ccnc(OC2CCCC2)c1)NCC1CCCO1.I. The van der Waals surface area contributed by atoms with Crippen LogP contribution in [0.2, 0.25) is 0 Å². The van der Waals surface area contributed by atoms with E-state index < -0.39 is 0 Å². The van der Waals surface area contributed by atoms with E-state index in [2.05, 4.69) is 20.6 Å². The van der Waals surface area contributed by atoms with E-state index in [0.29, 0.717) is 18.8 Å². The van der Waals surface area contributed by atoms with Gasteiger partial charge in [-0.25, -0.2) is 4.98 Å². The Morgan fingerprint density at radius 1 is 1.28 bits per heavy atom. The van der Waals surface area contributed by atoms with Gasteiger partial charge in [0.1, 0.15) is 6.10 Å². The van der Waals surface area contributed by atoms with Crippen molar-refractivity contribution < 1.29 is 9.47 Å². The van der Waals surface area contributed by atoms with Crippen molar-refractivity contribution in [2.45, 2.75) is 57.3 Å². The van der Waals surface area contributed by atoms with E-state index in [-0.39, 0.29) is 24.0 Å². The normalized spacial score (nSPS) is 21.0. The van der Waals surface area contributed by atoms with Gasteiger partial charge in [0.25, 0.3) is 0 Å². The van der Waals surface area contributed by atoms with Gasteiger partial charge in [-0.05, 0) is 50.2 Å². The predicted molar refractivity (Wildman–Crippen MR) is 110 cm³/mol.